The number of rotatable bonds is 12. The minimum Gasteiger partial charge on any atom is -0.467 e. The highest BCUT2D eigenvalue weighted by molar-refractivity contribution is 7.89. The van der Waals surface area contributed by atoms with Gasteiger partial charge in [0.15, 0.2) is 0 Å². The molecule has 1 amide bonds. The molecule has 0 aliphatic heterocycles. The molecule has 10 heteroatoms. The second-order valence-corrected chi connectivity index (χ2v) is 9.70. The molecule has 174 valence electrons. The van der Waals surface area contributed by atoms with E-state index in [4.69, 9.17) is 9.15 Å². The Morgan fingerprint density at radius 3 is 2.78 bits per heavy atom. The molecule has 0 aliphatic rings. The SMILES string of the molecule is CCn1c(CCC(=O)NCCCOCc2ccco2)nc2cc(S(=O)(=O)N(C)C)ccc21. The second-order valence-electron chi connectivity index (χ2n) is 7.55. The molecule has 9 nitrogen and oxygen atoms in total. The van der Waals surface area contributed by atoms with Crippen molar-refractivity contribution in [2.24, 2.45) is 0 Å². The van der Waals surface area contributed by atoms with E-state index in [1.165, 1.54) is 18.4 Å². The van der Waals surface area contributed by atoms with E-state index < -0.39 is 10.0 Å². The molecule has 3 rings (SSSR count). The van der Waals surface area contributed by atoms with Gasteiger partial charge in [-0.05, 0) is 43.7 Å². The second kappa shape index (κ2) is 10.8. The van der Waals surface area contributed by atoms with Crippen LogP contribution in [0.15, 0.2) is 45.9 Å². The van der Waals surface area contributed by atoms with Gasteiger partial charge in [0.05, 0.1) is 22.2 Å². The van der Waals surface area contributed by atoms with Crippen molar-refractivity contribution < 1.29 is 22.4 Å². The van der Waals surface area contributed by atoms with Crippen molar-refractivity contribution in [2.45, 2.75) is 44.2 Å². The van der Waals surface area contributed by atoms with Crippen molar-refractivity contribution in [3.8, 4) is 0 Å². The quantitative estimate of drug-likeness (QED) is 0.415. The van der Waals surface area contributed by atoms with Crippen LogP contribution in [0.4, 0.5) is 0 Å². The van der Waals surface area contributed by atoms with Crippen LogP contribution in [0.1, 0.15) is 31.4 Å². The molecule has 0 saturated carbocycles. The number of amides is 1. The lowest BCUT2D eigenvalue weighted by atomic mass is 10.2. The number of ether oxygens (including phenoxy) is 1. The van der Waals surface area contributed by atoms with Crippen LogP contribution in [0.3, 0.4) is 0 Å². The summed E-state index contributed by atoms with van der Waals surface area (Å²) in [5.41, 5.74) is 1.47. The summed E-state index contributed by atoms with van der Waals surface area (Å²) < 4.78 is 38.7. The van der Waals surface area contributed by atoms with E-state index in [9.17, 15) is 13.2 Å². The van der Waals surface area contributed by atoms with Crippen molar-refractivity contribution in [3.05, 3.63) is 48.2 Å². The minimum atomic E-state index is -3.53. The molecule has 0 spiro atoms. The van der Waals surface area contributed by atoms with Crippen molar-refractivity contribution in [3.63, 3.8) is 0 Å². The number of aromatic nitrogens is 2. The molecule has 1 N–H and O–H groups in total. The summed E-state index contributed by atoms with van der Waals surface area (Å²) >= 11 is 0. The summed E-state index contributed by atoms with van der Waals surface area (Å²) in [5.74, 6) is 1.49. The summed E-state index contributed by atoms with van der Waals surface area (Å²) in [6.45, 7) is 4.17. The van der Waals surface area contributed by atoms with Gasteiger partial charge in [-0.15, -0.1) is 0 Å². The Morgan fingerprint density at radius 2 is 2.09 bits per heavy atom. The number of furan rings is 1. The number of carbonyl (C=O) groups excluding carboxylic acids is 1. The van der Waals surface area contributed by atoms with Gasteiger partial charge in [-0.3, -0.25) is 4.79 Å². The number of nitrogens with one attached hydrogen (secondary N) is 1. The highest BCUT2D eigenvalue weighted by Gasteiger charge is 2.19. The maximum Gasteiger partial charge on any atom is 0.242 e. The molecule has 32 heavy (non-hydrogen) atoms. The molecule has 0 atom stereocenters. The van der Waals surface area contributed by atoms with Gasteiger partial charge >= 0.3 is 0 Å². The summed E-state index contributed by atoms with van der Waals surface area (Å²) in [6, 6.07) is 8.62. The van der Waals surface area contributed by atoms with E-state index in [2.05, 4.69) is 10.3 Å². The van der Waals surface area contributed by atoms with E-state index >= 15 is 0 Å². The summed E-state index contributed by atoms with van der Waals surface area (Å²) in [7, 11) is -0.531. The molecular formula is C22H30N4O5S. The van der Waals surface area contributed by atoms with Crippen molar-refractivity contribution >= 4 is 27.0 Å². The first-order chi connectivity index (χ1) is 15.3. The fourth-order valence-corrected chi connectivity index (χ4v) is 4.28. The number of hydrogen-bond donors (Lipinski definition) is 1. The monoisotopic (exact) mass is 462 g/mol. The van der Waals surface area contributed by atoms with Gasteiger partial charge in [0.2, 0.25) is 15.9 Å². The lowest BCUT2D eigenvalue weighted by Gasteiger charge is -2.11. The molecule has 0 radical (unpaired) electrons. The molecule has 2 aromatic heterocycles. The average Bonchev–Trinajstić information content (AvgIpc) is 3.41. The maximum atomic E-state index is 12.4. The summed E-state index contributed by atoms with van der Waals surface area (Å²) in [4.78, 5) is 17.0. The minimum absolute atomic E-state index is 0.0541. The molecule has 3 aromatic rings. The lowest BCUT2D eigenvalue weighted by Crippen LogP contribution is -2.25. The van der Waals surface area contributed by atoms with Crippen LogP contribution in [0.25, 0.3) is 11.0 Å². The van der Waals surface area contributed by atoms with Crippen molar-refractivity contribution in [1.29, 1.82) is 0 Å². The van der Waals surface area contributed by atoms with Crippen LogP contribution in [0.5, 0.6) is 0 Å². The maximum absolute atomic E-state index is 12.4. The molecule has 1 aromatic carbocycles. The number of imidazole rings is 1. The van der Waals surface area contributed by atoms with E-state index in [1.54, 1.807) is 24.5 Å². The summed E-state index contributed by atoms with van der Waals surface area (Å²) in [5, 5.41) is 2.90. The van der Waals surface area contributed by atoms with Gasteiger partial charge in [0.1, 0.15) is 18.2 Å². The Labute approximate surface area is 188 Å². The Morgan fingerprint density at radius 1 is 1.28 bits per heavy atom. The fraction of sp³-hybridized carbons (Fsp3) is 0.455. The third kappa shape index (κ3) is 5.76. The highest BCUT2D eigenvalue weighted by atomic mass is 32.2. The first-order valence-corrected chi connectivity index (χ1v) is 12.1. The molecule has 0 saturated heterocycles. The van der Waals surface area contributed by atoms with Crippen LogP contribution in [0.2, 0.25) is 0 Å². The molecule has 0 aliphatic carbocycles. The highest BCUT2D eigenvalue weighted by Crippen LogP contribution is 2.22. The Hall–Kier alpha value is -2.69. The van der Waals surface area contributed by atoms with Gasteiger partial charge < -0.3 is 19.0 Å². The van der Waals surface area contributed by atoms with Crippen LogP contribution >= 0.6 is 0 Å². The zero-order chi connectivity index (χ0) is 23.1. The van der Waals surface area contributed by atoms with Crippen LogP contribution in [-0.4, -0.2) is 55.4 Å². The zero-order valence-electron chi connectivity index (χ0n) is 18.7. The first-order valence-electron chi connectivity index (χ1n) is 10.6. The number of hydrogen-bond acceptors (Lipinski definition) is 6. The van der Waals surface area contributed by atoms with Crippen molar-refractivity contribution in [2.75, 3.05) is 27.2 Å². The number of nitrogens with zero attached hydrogens (tertiary/aromatic N) is 3. The number of fused-ring (bicyclic) bond motifs is 1. The zero-order valence-corrected chi connectivity index (χ0v) is 19.5. The Kier molecular flexibility index (Phi) is 8.05. The van der Waals surface area contributed by atoms with Crippen LogP contribution < -0.4 is 5.32 Å². The standard InChI is InChI=1S/C22H30N4O5S/c1-4-26-20-9-8-18(32(28,29)25(2)3)15-19(20)24-21(26)10-11-22(27)23-12-6-13-30-16-17-7-5-14-31-17/h5,7-9,14-15H,4,6,10-13,16H2,1-3H3,(H,23,27). The fourth-order valence-electron chi connectivity index (χ4n) is 3.36. The van der Waals surface area contributed by atoms with E-state index in [0.717, 1.165) is 17.1 Å². The molecule has 0 bridgehead atoms. The van der Waals surface area contributed by atoms with E-state index in [-0.39, 0.29) is 10.8 Å². The van der Waals surface area contributed by atoms with Gasteiger partial charge in [-0.1, -0.05) is 0 Å². The van der Waals surface area contributed by atoms with Crippen molar-refractivity contribution in [1.82, 2.24) is 19.2 Å². The van der Waals surface area contributed by atoms with Gasteiger partial charge in [0, 0.05) is 46.6 Å². The smallest absolute Gasteiger partial charge is 0.242 e. The molecular weight excluding hydrogens is 432 g/mol. The Balaban J connectivity index is 1.52. The number of sulfonamides is 1. The van der Waals surface area contributed by atoms with E-state index in [0.29, 0.717) is 51.1 Å². The van der Waals surface area contributed by atoms with Gasteiger partial charge in [0.25, 0.3) is 0 Å². The normalized spacial score (nSPS) is 12.0. The number of benzene rings is 1. The first kappa shape index (κ1) is 24.0. The number of aryl methyl sites for hydroxylation is 2. The van der Waals surface area contributed by atoms with Crippen LogP contribution in [0, 0.1) is 0 Å². The Bertz CT molecular complexity index is 1140. The molecule has 0 fully saturated rings. The van der Waals surface area contributed by atoms with Gasteiger partial charge in [-0.25, -0.2) is 17.7 Å². The predicted molar refractivity (Wildman–Crippen MR) is 121 cm³/mol. The average molecular weight is 463 g/mol. The van der Waals surface area contributed by atoms with Gasteiger partial charge in [-0.2, -0.15) is 0 Å². The predicted octanol–water partition coefficient (Wildman–Crippen LogP) is 2.56. The topological polar surface area (TPSA) is 107 Å². The molecule has 2 heterocycles. The molecule has 0 unspecified atom stereocenters. The van der Waals surface area contributed by atoms with Crippen LogP contribution in [-0.2, 0) is 39.1 Å². The largest absolute Gasteiger partial charge is 0.467 e. The third-order valence-electron chi connectivity index (χ3n) is 5.08. The third-order valence-corrected chi connectivity index (χ3v) is 6.89. The lowest BCUT2D eigenvalue weighted by molar-refractivity contribution is -0.121. The van der Waals surface area contributed by atoms with E-state index in [1.807, 2.05) is 23.6 Å². The summed E-state index contributed by atoms with van der Waals surface area (Å²) in [6.07, 6.45) is 3.10. The number of carbonyl (C=O) groups is 1.